The molecule has 0 spiro atoms. The molecule has 0 saturated carbocycles. The van der Waals surface area contributed by atoms with E-state index in [2.05, 4.69) is 26.2 Å². The van der Waals surface area contributed by atoms with Crippen LogP contribution in [0.4, 0.5) is 5.69 Å². The summed E-state index contributed by atoms with van der Waals surface area (Å²) in [6, 6.07) is 3.64. The van der Waals surface area contributed by atoms with E-state index in [1.807, 2.05) is 6.07 Å². The van der Waals surface area contributed by atoms with Crippen LogP contribution in [0.5, 0.6) is 0 Å². The van der Waals surface area contributed by atoms with Gasteiger partial charge in [0.1, 0.15) is 0 Å². The van der Waals surface area contributed by atoms with E-state index >= 15 is 0 Å². The summed E-state index contributed by atoms with van der Waals surface area (Å²) in [6.07, 6.45) is 1.59. The third-order valence-corrected chi connectivity index (χ3v) is 2.87. The zero-order chi connectivity index (χ0) is 10.3. The van der Waals surface area contributed by atoms with Gasteiger partial charge in [0, 0.05) is 16.3 Å². The van der Waals surface area contributed by atoms with E-state index in [0.29, 0.717) is 10.7 Å². The fraction of sp³-hybridized carbons (Fsp3) is 0.125. The molecular formula is C8H4BrCl3N2. The maximum Gasteiger partial charge on any atom is 0.285 e. The Morgan fingerprint density at radius 3 is 2.79 bits per heavy atom. The summed E-state index contributed by atoms with van der Waals surface area (Å²) in [5, 5.41) is 3.36. The molecule has 1 aliphatic rings. The van der Waals surface area contributed by atoms with Crippen molar-refractivity contribution in [1.29, 1.82) is 0 Å². The van der Waals surface area contributed by atoms with Gasteiger partial charge in [-0.15, -0.1) is 0 Å². The van der Waals surface area contributed by atoms with Crippen LogP contribution in [0.1, 0.15) is 5.56 Å². The maximum atomic E-state index is 6.00. The van der Waals surface area contributed by atoms with Gasteiger partial charge in [-0.05, 0) is 12.1 Å². The number of hydrogen-bond donors (Lipinski definition) is 1. The molecule has 1 aromatic carbocycles. The molecule has 0 bridgehead atoms. The van der Waals surface area contributed by atoms with Gasteiger partial charge in [0.25, 0.3) is 4.58 Å². The van der Waals surface area contributed by atoms with E-state index in [4.69, 9.17) is 34.8 Å². The van der Waals surface area contributed by atoms with Crippen LogP contribution in [-0.4, -0.2) is 10.8 Å². The predicted octanol–water partition coefficient (Wildman–Crippen LogP) is 4.04. The van der Waals surface area contributed by atoms with Crippen molar-refractivity contribution >= 4 is 62.6 Å². The average Bonchev–Trinajstić information content (AvgIpc) is 2.06. The van der Waals surface area contributed by atoms with Crippen LogP contribution in [0.25, 0.3) is 0 Å². The lowest BCUT2D eigenvalue weighted by atomic mass is 10.2. The SMILES string of the molecule is Clc1cc(Br)cc2c1NC(Cl)(Cl)N=C2. The monoisotopic (exact) mass is 312 g/mol. The van der Waals surface area contributed by atoms with Gasteiger partial charge in [-0.1, -0.05) is 50.7 Å². The summed E-state index contributed by atoms with van der Waals surface area (Å²) < 4.78 is -0.448. The number of nitrogens with one attached hydrogen (secondary N) is 1. The molecule has 6 heteroatoms. The van der Waals surface area contributed by atoms with E-state index in [9.17, 15) is 0 Å². The standard InChI is InChI=1S/C8H4BrCl3N2/c9-5-1-4-3-13-8(11,12)14-7(4)6(10)2-5/h1-3,14H. The Morgan fingerprint density at radius 1 is 1.36 bits per heavy atom. The van der Waals surface area contributed by atoms with Crippen molar-refractivity contribution < 1.29 is 0 Å². The molecule has 1 heterocycles. The molecule has 0 aliphatic carbocycles. The van der Waals surface area contributed by atoms with Crippen LogP contribution < -0.4 is 5.32 Å². The molecule has 14 heavy (non-hydrogen) atoms. The first kappa shape index (κ1) is 10.6. The minimum atomic E-state index is -1.33. The van der Waals surface area contributed by atoms with Crippen LogP contribution in [0, 0.1) is 0 Å². The van der Waals surface area contributed by atoms with E-state index in [-0.39, 0.29) is 0 Å². The van der Waals surface area contributed by atoms with Crippen molar-refractivity contribution in [3.63, 3.8) is 0 Å². The number of aliphatic imine (C=N–C) groups is 1. The van der Waals surface area contributed by atoms with E-state index in [0.717, 1.165) is 10.0 Å². The Balaban J connectivity index is 2.56. The molecule has 1 aromatic rings. The van der Waals surface area contributed by atoms with Crippen LogP contribution in [0.2, 0.25) is 5.02 Å². The van der Waals surface area contributed by atoms with Crippen molar-refractivity contribution in [3.8, 4) is 0 Å². The largest absolute Gasteiger partial charge is 0.334 e. The highest BCUT2D eigenvalue weighted by molar-refractivity contribution is 9.10. The van der Waals surface area contributed by atoms with Gasteiger partial charge < -0.3 is 5.32 Å². The zero-order valence-electron chi connectivity index (χ0n) is 6.69. The summed E-state index contributed by atoms with van der Waals surface area (Å²) in [4.78, 5) is 3.90. The molecule has 0 fully saturated rings. The third-order valence-electron chi connectivity index (χ3n) is 1.73. The Morgan fingerprint density at radius 2 is 2.07 bits per heavy atom. The van der Waals surface area contributed by atoms with Crippen LogP contribution in [0.3, 0.4) is 0 Å². The van der Waals surface area contributed by atoms with Gasteiger partial charge in [-0.3, -0.25) is 0 Å². The molecule has 0 aromatic heterocycles. The lowest BCUT2D eigenvalue weighted by Gasteiger charge is -2.24. The number of hydrogen-bond acceptors (Lipinski definition) is 2. The highest BCUT2D eigenvalue weighted by Gasteiger charge is 2.27. The molecule has 0 radical (unpaired) electrons. The van der Waals surface area contributed by atoms with Crippen LogP contribution >= 0.6 is 50.7 Å². The molecule has 74 valence electrons. The van der Waals surface area contributed by atoms with Crippen molar-refractivity contribution in [1.82, 2.24) is 0 Å². The molecular weight excluding hydrogens is 310 g/mol. The highest BCUT2D eigenvalue weighted by atomic mass is 79.9. The topological polar surface area (TPSA) is 24.4 Å². The third kappa shape index (κ3) is 2.01. The lowest BCUT2D eigenvalue weighted by Crippen LogP contribution is -2.26. The van der Waals surface area contributed by atoms with Crippen molar-refractivity contribution in [2.75, 3.05) is 5.32 Å². The first-order chi connectivity index (χ1) is 6.48. The molecule has 1 N–H and O–H groups in total. The van der Waals surface area contributed by atoms with Gasteiger partial charge in [0.2, 0.25) is 0 Å². The van der Waals surface area contributed by atoms with Gasteiger partial charge in [-0.25, -0.2) is 4.99 Å². The average molecular weight is 314 g/mol. The Bertz CT molecular complexity index is 417. The summed E-state index contributed by atoms with van der Waals surface area (Å²) in [7, 11) is 0. The maximum absolute atomic E-state index is 6.00. The fourth-order valence-electron chi connectivity index (χ4n) is 1.16. The number of benzene rings is 1. The second kappa shape index (κ2) is 3.56. The van der Waals surface area contributed by atoms with Crippen molar-refractivity contribution in [3.05, 3.63) is 27.2 Å². The molecule has 0 amide bonds. The molecule has 0 saturated heterocycles. The van der Waals surface area contributed by atoms with E-state index in [1.165, 1.54) is 0 Å². The summed E-state index contributed by atoms with van der Waals surface area (Å²) in [6.45, 7) is 0. The summed E-state index contributed by atoms with van der Waals surface area (Å²) in [5.41, 5.74) is 1.54. The second-order valence-electron chi connectivity index (χ2n) is 2.78. The van der Waals surface area contributed by atoms with Gasteiger partial charge in [0.15, 0.2) is 0 Å². The normalized spacial score (nSPS) is 17.4. The molecule has 2 nitrogen and oxygen atoms in total. The minimum Gasteiger partial charge on any atom is -0.334 e. The first-order valence-corrected chi connectivity index (χ1v) is 5.61. The smallest absolute Gasteiger partial charge is 0.285 e. The van der Waals surface area contributed by atoms with E-state index in [1.54, 1.807) is 12.3 Å². The molecule has 2 rings (SSSR count). The number of fused-ring (bicyclic) bond motifs is 1. The number of nitrogens with zero attached hydrogens (tertiary/aromatic N) is 1. The number of rotatable bonds is 0. The number of alkyl halides is 2. The van der Waals surface area contributed by atoms with Crippen LogP contribution in [-0.2, 0) is 0 Å². The van der Waals surface area contributed by atoms with Crippen LogP contribution in [0.15, 0.2) is 21.6 Å². The quantitative estimate of drug-likeness (QED) is 0.567. The Kier molecular flexibility index (Phi) is 2.68. The molecule has 1 aliphatic heterocycles. The minimum absolute atomic E-state index is 0.547. The number of halogens is 4. The lowest BCUT2D eigenvalue weighted by molar-refractivity contribution is 0.946. The molecule has 0 atom stereocenters. The fourth-order valence-corrected chi connectivity index (χ4v) is 2.33. The highest BCUT2D eigenvalue weighted by Crippen LogP contribution is 2.37. The molecule has 0 unspecified atom stereocenters. The predicted molar refractivity (Wildman–Crippen MR) is 64.8 cm³/mol. The Labute approximate surface area is 104 Å². The second-order valence-corrected chi connectivity index (χ2v) is 5.39. The van der Waals surface area contributed by atoms with Gasteiger partial charge in [-0.2, -0.15) is 0 Å². The summed E-state index contributed by atoms with van der Waals surface area (Å²) >= 11 is 20.9. The van der Waals surface area contributed by atoms with Crippen molar-refractivity contribution in [2.24, 2.45) is 4.99 Å². The van der Waals surface area contributed by atoms with Crippen molar-refractivity contribution in [2.45, 2.75) is 4.58 Å². The summed E-state index contributed by atoms with van der Waals surface area (Å²) in [5.74, 6) is 0. The van der Waals surface area contributed by atoms with Gasteiger partial charge in [0.05, 0.1) is 10.7 Å². The zero-order valence-corrected chi connectivity index (χ0v) is 10.5. The first-order valence-electron chi connectivity index (χ1n) is 3.68. The number of anilines is 1. The van der Waals surface area contributed by atoms with E-state index < -0.39 is 4.58 Å². The van der Waals surface area contributed by atoms with Gasteiger partial charge >= 0.3 is 0 Å². The Hall–Kier alpha value is 0.0400.